The molecule has 2 aromatic rings. The average Bonchev–Trinajstić information content (AvgIpc) is 2.62. The Hall–Kier alpha value is -2.90. The van der Waals surface area contributed by atoms with E-state index in [4.69, 9.17) is 5.26 Å². The number of halogens is 3. The number of hydrogen-bond acceptors (Lipinski definition) is 4. The zero-order valence-electron chi connectivity index (χ0n) is 14.7. The Labute approximate surface area is 160 Å². The van der Waals surface area contributed by atoms with Crippen LogP contribution < -0.4 is 10.0 Å². The predicted molar refractivity (Wildman–Crippen MR) is 96.0 cm³/mol. The summed E-state index contributed by atoms with van der Waals surface area (Å²) in [7, 11) is -3.82. The maximum Gasteiger partial charge on any atom is 0.416 e. The first-order chi connectivity index (χ1) is 13.0. The molecule has 0 spiro atoms. The summed E-state index contributed by atoms with van der Waals surface area (Å²) in [6.45, 7) is 1.27. The molecule has 0 fully saturated rings. The number of nitrogens with zero attached hydrogens (tertiary/aromatic N) is 1. The molecule has 0 atom stereocenters. The first-order valence-electron chi connectivity index (χ1n) is 8.00. The molecule has 0 unspecified atom stereocenters. The Morgan fingerprint density at radius 1 is 1.14 bits per heavy atom. The lowest BCUT2D eigenvalue weighted by Crippen LogP contribution is -2.24. The summed E-state index contributed by atoms with van der Waals surface area (Å²) in [5.74, 6) is -0.682. The molecule has 1 amide bonds. The van der Waals surface area contributed by atoms with Crippen LogP contribution in [0.1, 0.15) is 27.9 Å². The number of anilines is 1. The van der Waals surface area contributed by atoms with Crippen molar-refractivity contribution in [2.24, 2.45) is 0 Å². The summed E-state index contributed by atoms with van der Waals surface area (Å²) in [4.78, 5) is 12.1. The summed E-state index contributed by atoms with van der Waals surface area (Å²) in [6, 6.07) is 10.1. The summed E-state index contributed by atoms with van der Waals surface area (Å²) in [5, 5.41) is 10.8. The van der Waals surface area contributed by atoms with E-state index in [1.165, 1.54) is 43.3 Å². The van der Waals surface area contributed by atoms with Crippen LogP contribution in [0.3, 0.4) is 0 Å². The van der Waals surface area contributed by atoms with E-state index in [-0.39, 0.29) is 34.7 Å². The molecule has 10 heteroatoms. The summed E-state index contributed by atoms with van der Waals surface area (Å²) >= 11 is 0. The van der Waals surface area contributed by atoms with Crippen molar-refractivity contribution < 1.29 is 26.4 Å². The highest BCUT2D eigenvalue weighted by molar-refractivity contribution is 7.89. The summed E-state index contributed by atoms with van der Waals surface area (Å²) in [6.07, 6.45) is -4.53. The fourth-order valence-electron chi connectivity index (χ4n) is 2.32. The van der Waals surface area contributed by atoms with Gasteiger partial charge in [0, 0.05) is 24.2 Å². The van der Waals surface area contributed by atoms with Gasteiger partial charge in [-0.3, -0.25) is 4.79 Å². The monoisotopic (exact) mass is 411 g/mol. The highest BCUT2D eigenvalue weighted by Gasteiger charge is 2.32. The molecule has 0 radical (unpaired) electrons. The number of rotatable bonds is 6. The van der Waals surface area contributed by atoms with Crippen molar-refractivity contribution in [3.8, 4) is 6.07 Å². The Bertz CT molecular complexity index is 1010. The van der Waals surface area contributed by atoms with Gasteiger partial charge in [-0.1, -0.05) is 6.07 Å². The molecular formula is C18H16F3N3O3S. The first kappa shape index (κ1) is 21.4. The molecule has 0 aliphatic rings. The van der Waals surface area contributed by atoms with E-state index in [1.807, 2.05) is 0 Å². The molecule has 28 heavy (non-hydrogen) atoms. The number of nitriles is 1. The molecule has 0 aromatic heterocycles. The number of carbonyl (C=O) groups excluding carboxylic acids is 1. The third kappa shape index (κ3) is 5.31. The zero-order valence-corrected chi connectivity index (χ0v) is 15.5. The predicted octanol–water partition coefficient (Wildman–Crippen LogP) is 3.46. The number of hydrogen-bond donors (Lipinski definition) is 2. The molecule has 2 aromatic carbocycles. The second-order valence-electron chi connectivity index (χ2n) is 5.81. The Morgan fingerprint density at radius 2 is 1.79 bits per heavy atom. The van der Waals surface area contributed by atoms with E-state index in [9.17, 15) is 26.4 Å². The maximum atomic E-state index is 13.0. The number of nitrogens with one attached hydrogen (secondary N) is 2. The minimum Gasteiger partial charge on any atom is -0.322 e. The zero-order chi connectivity index (χ0) is 20.9. The van der Waals surface area contributed by atoms with Gasteiger partial charge in [-0.25, -0.2) is 13.1 Å². The van der Waals surface area contributed by atoms with Crippen LogP contribution in [0, 0.1) is 18.3 Å². The number of benzene rings is 2. The van der Waals surface area contributed by atoms with Gasteiger partial charge in [0.05, 0.1) is 16.5 Å². The van der Waals surface area contributed by atoms with Crippen molar-refractivity contribution in [3.63, 3.8) is 0 Å². The van der Waals surface area contributed by atoms with E-state index in [0.29, 0.717) is 0 Å². The maximum absolute atomic E-state index is 13.0. The highest BCUT2D eigenvalue weighted by Crippen LogP contribution is 2.33. The van der Waals surface area contributed by atoms with E-state index >= 15 is 0 Å². The number of aryl methyl sites for hydroxylation is 1. The molecular weight excluding hydrogens is 395 g/mol. The smallest absolute Gasteiger partial charge is 0.322 e. The molecule has 2 rings (SSSR count). The molecule has 0 saturated carbocycles. The summed E-state index contributed by atoms with van der Waals surface area (Å²) < 4.78 is 65.2. The topological polar surface area (TPSA) is 99.1 Å². The van der Waals surface area contributed by atoms with Gasteiger partial charge >= 0.3 is 6.18 Å². The quantitative estimate of drug-likeness (QED) is 0.711. The lowest BCUT2D eigenvalue weighted by molar-refractivity contribution is -0.138. The molecule has 0 saturated heterocycles. The summed E-state index contributed by atoms with van der Waals surface area (Å²) in [5.41, 5.74) is -0.776. The minimum atomic E-state index is -4.54. The van der Waals surface area contributed by atoms with Crippen molar-refractivity contribution in [1.29, 1.82) is 5.26 Å². The van der Waals surface area contributed by atoms with Gasteiger partial charge in [0.1, 0.15) is 0 Å². The van der Waals surface area contributed by atoms with Gasteiger partial charge in [-0.05, 0) is 48.9 Å². The van der Waals surface area contributed by atoms with Crippen molar-refractivity contribution in [2.75, 3.05) is 11.9 Å². The standard InChI is InChI=1S/C18H16F3N3O3S/c1-12-3-6-14(11-16(12)18(19,20)21)24-17(25)13-4-7-15(8-5-13)28(26,27)23-10-2-9-22/h3-8,11,23H,2,10H2,1H3,(H,24,25). The normalized spacial score (nSPS) is 11.7. The molecule has 6 nitrogen and oxygen atoms in total. The van der Waals surface area contributed by atoms with Crippen molar-refractivity contribution in [1.82, 2.24) is 4.72 Å². The molecule has 148 valence electrons. The van der Waals surface area contributed by atoms with Crippen LogP contribution >= 0.6 is 0 Å². The van der Waals surface area contributed by atoms with Crippen molar-refractivity contribution in [3.05, 3.63) is 59.2 Å². The van der Waals surface area contributed by atoms with Gasteiger partial charge in [-0.15, -0.1) is 0 Å². The van der Waals surface area contributed by atoms with E-state index in [2.05, 4.69) is 10.0 Å². The van der Waals surface area contributed by atoms with Gasteiger partial charge in [0.15, 0.2) is 0 Å². The van der Waals surface area contributed by atoms with E-state index < -0.39 is 27.7 Å². The van der Waals surface area contributed by atoms with Crippen LogP contribution in [0.2, 0.25) is 0 Å². The van der Waals surface area contributed by atoms with Crippen molar-refractivity contribution >= 4 is 21.6 Å². The fourth-order valence-corrected chi connectivity index (χ4v) is 3.35. The largest absolute Gasteiger partial charge is 0.416 e. The molecule has 0 aliphatic carbocycles. The third-order valence-electron chi connectivity index (χ3n) is 3.76. The number of sulfonamides is 1. The van der Waals surface area contributed by atoms with Crippen LogP contribution in [0.25, 0.3) is 0 Å². The third-order valence-corrected chi connectivity index (χ3v) is 5.23. The lowest BCUT2D eigenvalue weighted by Gasteiger charge is -2.13. The SMILES string of the molecule is Cc1ccc(NC(=O)c2ccc(S(=O)(=O)NCCC#N)cc2)cc1C(F)(F)F. The van der Waals surface area contributed by atoms with Crippen LogP contribution in [0.5, 0.6) is 0 Å². The van der Waals surface area contributed by atoms with E-state index in [1.54, 1.807) is 6.07 Å². The van der Waals surface area contributed by atoms with Crippen LogP contribution in [0.4, 0.5) is 18.9 Å². The fraction of sp³-hybridized carbons (Fsp3) is 0.222. The lowest BCUT2D eigenvalue weighted by atomic mass is 10.1. The molecule has 0 bridgehead atoms. The number of alkyl halides is 3. The van der Waals surface area contributed by atoms with E-state index in [0.717, 1.165) is 6.07 Å². The molecule has 2 N–H and O–H groups in total. The Morgan fingerprint density at radius 3 is 2.36 bits per heavy atom. The number of carbonyl (C=O) groups is 1. The second kappa shape index (κ2) is 8.41. The van der Waals surface area contributed by atoms with Crippen LogP contribution in [0.15, 0.2) is 47.4 Å². The van der Waals surface area contributed by atoms with Gasteiger partial charge in [0.2, 0.25) is 10.0 Å². The van der Waals surface area contributed by atoms with Gasteiger partial charge in [-0.2, -0.15) is 18.4 Å². The van der Waals surface area contributed by atoms with Gasteiger partial charge in [0.25, 0.3) is 5.91 Å². The number of amides is 1. The highest BCUT2D eigenvalue weighted by atomic mass is 32.2. The van der Waals surface area contributed by atoms with Crippen LogP contribution in [-0.2, 0) is 16.2 Å². The van der Waals surface area contributed by atoms with Crippen LogP contribution in [-0.4, -0.2) is 20.9 Å². The van der Waals surface area contributed by atoms with Gasteiger partial charge < -0.3 is 5.32 Å². The molecule has 0 aliphatic heterocycles. The minimum absolute atomic E-state index is 0.0101. The van der Waals surface area contributed by atoms with Crippen molar-refractivity contribution in [2.45, 2.75) is 24.4 Å². The average molecular weight is 411 g/mol. The Balaban J connectivity index is 2.15. The Kier molecular flexibility index (Phi) is 6.43. The second-order valence-corrected chi connectivity index (χ2v) is 7.58. The first-order valence-corrected chi connectivity index (χ1v) is 9.49. The molecule has 0 heterocycles.